The van der Waals surface area contributed by atoms with Crippen molar-refractivity contribution in [2.45, 2.75) is 65.0 Å². The Morgan fingerprint density at radius 2 is 1.75 bits per heavy atom. The highest BCUT2D eigenvalue weighted by Gasteiger charge is 2.28. The van der Waals surface area contributed by atoms with Crippen LogP contribution in [0.4, 0.5) is 5.69 Å². The van der Waals surface area contributed by atoms with Crippen LogP contribution in [0.15, 0.2) is 24.3 Å². The second-order valence-electron chi connectivity index (χ2n) is 7.35. The standard InChI is InChI=1S/C18H30N2/c1-14(19)13-15-5-7-16(8-6-15)20(4)17-9-11-18(2,3)12-10-17/h5-8,14,17H,9-13,19H2,1-4H3. The third kappa shape index (κ3) is 3.99. The van der Waals surface area contributed by atoms with Gasteiger partial charge in [0, 0.05) is 24.8 Å². The number of rotatable bonds is 4. The van der Waals surface area contributed by atoms with E-state index in [0.29, 0.717) is 11.5 Å². The van der Waals surface area contributed by atoms with E-state index in [-0.39, 0.29) is 6.04 Å². The van der Waals surface area contributed by atoms with E-state index in [0.717, 1.165) is 6.42 Å². The summed E-state index contributed by atoms with van der Waals surface area (Å²) in [5.41, 5.74) is 9.07. The topological polar surface area (TPSA) is 29.3 Å². The van der Waals surface area contributed by atoms with Crippen LogP contribution in [0.25, 0.3) is 0 Å². The van der Waals surface area contributed by atoms with Gasteiger partial charge in [0.15, 0.2) is 0 Å². The molecule has 0 radical (unpaired) electrons. The maximum absolute atomic E-state index is 5.85. The molecule has 1 saturated carbocycles. The van der Waals surface area contributed by atoms with Crippen molar-refractivity contribution in [3.05, 3.63) is 29.8 Å². The molecule has 0 bridgehead atoms. The van der Waals surface area contributed by atoms with Gasteiger partial charge in [0.2, 0.25) is 0 Å². The van der Waals surface area contributed by atoms with Gasteiger partial charge >= 0.3 is 0 Å². The summed E-state index contributed by atoms with van der Waals surface area (Å²) in [5, 5.41) is 0. The summed E-state index contributed by atoms with van der Waals surface area (Å²) in [4.78, 5) is 2.46. The molecule has 112 valence electrons. The summed E-state index contributed by atoms with van der Waals surface area (Å²) in [5.74, 6) is 0. The summed E-state index contributed by atoms with van der Waals surface area (Å²) in [6.07, 6.45) is 6.26. The first-order chi connectivity index (χ1) is 9.37. The quantitative estimate of drug-likeness (QED) is 0.900. The fourth-order valence-corrected chi connectivity index (χ4v) is 3.22. The number of nitrogens with zero attached hydrogens (tertiary/aromatic N) is 1. The molecule has 1 aliphatic rings. The van der Waals surface area contributed by atoms with E-state index < -0.39 is 0 Å². The van der Waals surface area contributed by atoms with Crippen molar-refractivity contribution in [1.82, 2.24) is 0 Å². The first kappa shape index (κ1) is 15.4. The minimum atomic E-state index is 0.235. The predicted octanol–water partition coefficient (Wildman–Crippen LogP) is 3.98. The van der Waals surface area contributed by atoms with Crippen molar-refractivity contribution in [1.29, 1.82) is 0 Å². The molecule has 1 unspecified atom stereocenters. The number of anilines is 1. The van der Waals surface area contributed by atoms with Crippen LogP contribution in [-0.4, -0.2) is 19.1 Å². The molecule has 1 aromatic carbocycles. The molecule has 1 aromatic rings. The first-order valence-electron chi connectivity index (χ1n) is 7.95. The molecular weight excluding hydrogens is 244 g/mol. The molecule has 2 heteroatoms. The highest BCUT2D eigenvalue weighted by Crippen LogP contribution is 2.37. The van der Waals surface area contributed by atoms with Crippen LogP contribution >= 0.6 is 0 Å². The van der Waals surface area contributed by atoms with E-state index in [1.807, 2.05) is 0 Å². The third-order valence-electron chi connectivity index (χ3n) is 4.76. The molecule has 0 saturated heterocycles. The molecule has 20 heavy (non-hydrogen) atoms. The molecule has 0 heterocycles. The van der Waals surface area contributed by atoms with Crippen molar-refractivity contribution in [3.63, 3.8) is 0 Å². The zero-order valence-corrected chi connectivity index (χ0v) is 13.5. The Hall–Kier alpha value is -1.02. The summed E-state index contributed by atoms with van der Waals surface area (Å²) in [7, 11) is 2.24. The minimum Gasteiger partial charge on any atom is -0.372 e. The normalized spacial score (nSPS) is 20.6. The Balaban J connectivity index is 1.97. The van der Waals surface area contributed by atoms with E-state index in [2.05, 4.69) is 57.0 Å². The van der Waals surface area contributed by atoms with Gasteiger partial charge in [-0.3, -0.25) is 0 Å². The number of benzene rings is 1. The minimum absolute atomic E-state index is 0.235. The van der Waals surface area contributed by atoms with Crippen LogP contribution < -0.4 is 10.6 Å². The Bertz CT molecular complexity index is 410. The Kier molecular flexibility index (Phi) is 4.74. The number of hydrogen-bond acceptors (Lipinski definition) is 2. The van der Waals surface area contributed by atoms with Crippen LogP contribution in [0.2, 0.25) is 0 Å². The van der Waals surface area contributed by atoms with Crippen LogP contribution in [0.5, 0.6) is 0 Å². The summed E-state index contributed by atoms with van der Waals surface area (Å²) < 4.78 is 0. The zero-order chi connectivity index (χ0) is 14.8. The summed E-state index contributed by atoms with van der Waals surface area (Å²) >= 11 is 0. The van der Waals surface area contributed by atoms with Gasteiger partial charge in [0.1, 0.15) is 0 Å². The first-order valence-corrected chi connectivity index (χ1v) is 7.95. The average Bonchev–Trinajstić information content (AvgIpc) is 2.38. The highest BCUT2D eigenvalue weighted by molar-refractivity contribution is 5.48. The van der Waals surface area contributed by atoms with E-state index in [1.165, 1.54) is 36.9 Å². The van der Waals surface area contributed by atoms with Crippen LogP contribution in [0.1, 0.15) is 52.0 Å². The molecule has 0 spiro atoms. The Morgan fingerprint density at radius 1 is 1.20 bits per heavy atom. The van der Waals surface area contributed by atoms with Crippen LogP contribution in [0, 0.1) is 5.41 Å². The second-order valence-corrected chi connectivity index (χ2v) is 7.35. The molecule has 1 fully saturated rings. The maximum Gasteiger partial charge on any atom is 0.0366 e. The van der Waals surface area contributed by atoms with E-state index in [9.17, 15) is 0 Å². The Morgan fingerprint density at radius 3 is 2.25 bits per heavy atom. The van der Waals surface area contributed by atoms with Gasteiger partial charge in [-0.25, -0.2) is 0 Å². The lowest BCUT2D eigenvalue weighted by molar-refractivity contribution is 0.222. The maximum atomic E-state index is 5.85. The SMILES string of the molecule is CC(N)Cc1ccc(N(C)C2CCC(C)(C)CC2)cc1. The summed E-state index contributed by atoms with van der Waals surface area (Å²) in [6.45, 7) is 6.85. The largest absolute Gasteiger partial charge is 0.372 e. The van der Waals surface area contributed by atoms with Crippen molar-refractivity contribution in [2.75, 3.05) is 11.9 Å². The van der Waals surface area contributed by atoms with Gasteiger partial charge in [0.25, 0.3) is 0 Å². The van der Waals surface area contributed by atoms with Crippen molar-refractivity contribution in [3.8, 4) is 0 Å². The molecule has 1 atom stereocenters. The molecule has 1 aliphatic carbocycles. The predicted molar refractivity (Wildman–Crippen MR) is 88.2 cm³/mol. The van der Waals surface area contributed by atoms with Crippen molar-refractivity contribution >= 4 is 5.69 Å². The van der Waals surface area contributed by atoms with Gasteiger partial charge in [-0.05, 0) is 62.1 Å². The molecule has 0 aliphatic heterocycles. The van der Waals surface area contributed by atoms with Crippen LogP contribution in [0.3, 0.4) is 0 Å². The van der Waals surface area contributed by atoms with Gasteiger partial charge in [-0.1, -0.05) is 26.0 Å². The van der Waals surface area contributed by atoms with Gasteiger partial charge < -0.3 is 10.6 Å². The fraction of sp³-hybridized carbons (Fsp3) is 0.667. The van der Waals surface area contributed by atoms with Crippen molar-refractivity contribution < 1.29 is 0 Å². The summed E-state index contributed by atoms with van der Waals surface area (Å²) in [6, 6.07) is 9.88. The van der Waals surface area contributed by atoms with Crippen molar-refractivity contribution in [2.24, 2.45) is 11.1 Å². The molecule has 0 aromatic heterocycles. The molecule has 0 amide bonds. The Labute approximate surface area is 124 Å². The van der Waals surface area contributed by atoms with E-state index in [4.69, 9.17) is 5.73 Å². The van der Waals surface area contributed by atoms with Gasteiger partial charge in [-0.2, -0.15) is 0 Å². The molecule has 2 N–H and O–H groups in total. The average molecular weight is 274 g/mol. The number of hydrogen-bond donors (Lipinski definition) is 1. The lowest BCUT2D eigenvalue weighted by Crippen LogP contribution is -2.37. The number of nitrogens with two attached hydrogens (primary N) is 1. The molecular formula is C18H30N2. The monoisotopic (exact) mass is 274 g/mol. The van der Waals surface area contributed by atoms with E-state index in [1.54, 1.807) is 0 Å². The second kappa shape index (κ2) is 6.17. The fourth-order valence-electron chi connectivity index (χ4n) is 3.22. The lowest BCUT2D eigenvalue weighted by Gasteiger charge is -2.39. The van der Waals surface area contributed by atoms with E-state index >= 15 is 0 Å². The zero-order valence-electron chi connectivity index (χ0n) is 13.5. The molecule has 2 nitrogen and oxygen atoms in total. The smallest absolute Gasteiger partial charge is 0.0366 e. The van der Waals surface area contributed by atoms with Gasteiger partial charge in [0.05, 0.1) is 0 Å². The lowest BCUT2D eigenvalue weighted by atomic mass is 9.75. The highest BCUT2D eigenvalue weighted by atomic mass is 15.1. The van der Waals surface area contributed by atoms with Crippen LogP contribution in [-0.2, 0) is 6.42 Å². The third-order valence-corrected chi connectivity index (χ3v) is 4.76. The molecule has 2 rings (SSSR count). The van der Waals surface area contributed by atoms with Gasteiger partial charge in [-0.15, -0.1) is 0 Å².